The van der Waals surface area contributed by atoms with Crippen LogP contribution in [0.2, 0.25) is 10.0 Å². The average molecular weight is 519 g/mol. The Morgan fingerprint density at radius 1 is 1.11 bits per heavy atom. The van der Waals surface area contributed by atoms with Crippen LogP contribution in [0.15, 0.2) is 18.3 Å². The Balaban J connectivity index is 1.83. The smallest absolute Gasteiger partial charge is 0.141 e. The van der Waals surface area contributed by atoms with E-state index >= 15 is 0 Å². The van der Waals surface area contributed by atoms with Gasteiger partial charge in [0, 0.05) is 42.3 Å². The van der Waals surface area contributed by atoms with Crippen LogP contribution in [0.3, 0.4) is 0 Å². The monoisotopic (exact) mass is 518 g/mol. The van der Waals surface area contributed by atoms with Gasteiger partial charge < -0.3 is 34.8 Å². The Bertz CT molecular complexity index is 1180. The zero-order valence-corrected chi connectivity index (χ0v) is 22.1. The SMILES string of the molecule is COc1cc(OC)c(Cl)c(-c2cc3cnc([N-]C4CCCOC4)nc3c(NCC(C)(C)C)n2)c1Cl. The summed E-state index contributed by atoms with van der Waals surface area (Å²) in [5.74, 6) is 1.89. The maximum absolute atomic E-state index is 6.68. The molecule has 10 heteroatoms. The lowest BCUT2D eigenvalue weighted by Gasteiger charge is -2.27. The molecule has 1 fully saturated rings. The predicted octanol–water partition coefficient (Wildman–Crippen LogP) is 6.66. The largest absolute Gasteiger partial charge is 0.495 e. The van der Waals surface area contributed by atoms with Crippen molar-refractivity contribution in [3.63, 3.8) is 0 Å². The number of pyridine rings is 1. The molecule has 0 aliphatic carbocycles. The maximum Gasteiger partial charge on any atom is 0.141 e. The van der Waals surface area contributed by atoms with E-state index < -0.39 is 0 Å². The minimum Gasteiger partial charge on any atom is -0.495 e. The first-order valence-corrected chi connectivity index (χ1v) is 12.3. The van der Waals surface area contributed by atoms with Gasteiger partial charge in [0.2, 0.25) is 0 Å². The van der Waals surface area contributed by atoms with Gasteiger partial charge in [-0.2, -0.15) is 0 Å². The van der Waals surface area contributed by atoms with Gasteiger partial charge in [0.15, 0.2) is 0 Å². The highest BCUT2D eigenvalue weighted by molar-refractivity contribution is 6.41. The number of methoxy groups -OCH3 is 2. The summed E-state index contributed by atoms with van der Waals surface area (Å²) >= 11 is 13.4. The zero-order chi connectivity index (χ0) is 25.2. The van der Waals surface area contributed by atoms with Crippen LogP contribution in [0.5, 0.6) is 11.5 Å². The average Bonchev–Trinajstić information content (AvgIpc) is 2.83. The molecule has 35 heavy (non-hydrogen) atoms. The van der Waals surface area contributed by atoms with Crippen molar-refractivity contribution in [3.8, 4) is 22.8 Å². The van der Waals surface area contributed by atoms with Gasteiger partial charge in [0.1, 0.15) is 17.3 Å². The second-order valence-corrected chi connectivity index (χ2v) is 10.4. The minimum absolute atomic E-state index is 0.0121. The van der Waals surface area contributed by atoms with Gasteiger partial charge in [0.25, 0.3) is 0 Å². The number of hydrogen-bond acceptors (Lipinski definition) is 7. The van der Waals surface area contributed by atoms with Crippen molar-refractivity contribution in [1.29, 1.82) is 0 Å². The van der Waals surface area contributed by atoms with Gasteiger partial charge in [-0.1, -0.05) is 44.0 Å². The fourth-order valence-corrected chi connectivity index (χ4v) is 4.49. The topological polar surface area (TPSA) is 92.5 Å². The number of nitrogens with one attached hydrogen (secondary N) is 1. The molecule has 0 amide bonds. The van der Waals surface area contributed by atoms with Crippen LogP contribution in [0.1, 0.15) is 33.6 Å². The molecule has 2 aromatic heterocycles. The number of benzene rings is 1. The van der Waals surface area contributed by atoms with E-state index in [1.807, 2.05) is 6.07 Å². The molecule has 1 saturated heterocycles. The number of halogens is 2. The number of aromatic nitrogens is 3. The molecule has 1 aromatic carbocycles. The molecule has 188 valence electrons. The van der Waals surface area contributed by atoms with Crippen LogP contribution in [-0.4, -0.2) is 55.0 Å². The Morgan fingerprint density at radius 3 is 2.43 bits per heavy atom. The van der Waals surface area contributed by atoms with Crippen LogP contribution >= 0.6 is 23.2 Å². The minimum atomic E-state index is 0.0121. The van der Waals surface area contributed by atoms with Gasteiger partial charge in [-0.15, -0.1) is 0 Å². The predicted molar refractivity (Wildman–Crippen MR) is 141 cm³/mol. The zero-order valence-electron chi connectivity index (χ0n) is 20.6. The lowest BCUT2D eigenvalue weighted by Crippen LogP contribution is -2.21. The summed E-state index contributed by atoms with van der Waals surface area (Å²) in [6.45, 7) is 8.47. The van der Waals surface area contributed by atoms with Gasteiger partial charge >= 0.3 is 0 Å². The van der Waals surface area contributed by atoms with Crippen molar-refractivity contribution in [1.82, 2.24) is 15.0 Å². The van der Waals surface area contributed by atoms with Crippen LogP contribution in [0.25, 0.3) is 27.5 Å². The first-order valence-electron chi connectivity index (χ1n) is 11.5. The van der Waals surface area contributed by atoms with E-state index in [-0.39, 0.29) is 11.5 Å². The molecule has 0 saturated carbocycles. The molecule has 1 aliphatic rings. The summed E-state index contributed by atoms with van der Waals surface area (Å²) in [7, 11) is 3.08. The van der Waals surface area contributed by atoms with Crippen LogP contribution < -0.4 is 14.8 Å². The fourth-order valence-electron chi connectivity index (χ4n) is 3.79. The molecule has 1 N–H and O–H groups in total. The van der Waals surface area contributed by atoms with Crippen molar-refractivity contribution < 1.29 is 14.2 Å². The van der Waals surface area contributed by atoms with E-state index in [1.165, 1.54) is 0 Å². The number of hydrogen-bond donors (Lipinski definition) is 1. The van der Waals surface area contributed by atoms with Crippen molar-refractivity contribution in [3.05, 3.63) is 33.7 Å². The number of ether oxygens (including phenoxy) is 3. The summed E-state index contributed by atoms with van der Waals surface area (Å²) in [5, 5.41) is 9.61. The first-order chi connectivity index (χ1) is 16.7. The van der Waals surface area contributed by atoms with E-state index in [0.717, 1.165) is 24.8 Å². The molecular weight excluding hydrogens is 489 g/mol. The molecule has 4 rings (SSSR count). The van der Waals surface area contributed by atoms with Crippen molar-refractivity contribution >= 4 is 45.9 Å². The van der Waals surface area contributed by atoms with Gasteiger partial charge in [-0.3, -0.25) is 0 Å². The molecular formula is C25H30Cl2N5O3-. The number of rotatable bonds is 7. The number of anilines is 1. The molecule has 1 unspecified atom stereocenters. The normalized spacial score (nSPS) is 16.3. The third-order valence-electron chi connectivity index (χ3n) is 5.60. The van der Waals surface area contributed by atoms with Crippen LogP contribution in [-0.2, 0) is 4.74 Å². The molecule has 0 radical (unpaired) electrons. The van der Waals surface area contributed by atoms with Gasteiger partial charge in [-0.05, 0) is 35.9 Å². The Hall–Kier alpha value is -2.55. The Kier molecular flexibility index (Phi) is 7.73. The third-order valence-corrected chi connectivity index (χ3v) is 6.35. The molecule has 0 spiro atoms. The second-order valence-electron chi connectivity index (χ2n) is 9.66. The Labute approximate surface area is 215 Å². The van der Waals surface area contributed by atoms with E-state index in [9.17, 15) is 0 Å². The molecule has 3 heterocycles. The van der Waals surface area contributed by atoms with Gasteiger partial charge in [0.05, 0.1) is 36.6 Å². The standard InChI is InChI=1S/C25H30Cl2N5O3/c1-25(2,3)13-29-23-22-14(11-28-24(32-22)30-15-7-6-8-35-12-15)9-16(31-23)19-20(26)17(33-4)10-18(34-5)21(19)27/h9-11,15H,6-8,12-13H2,1-5H3,(H-,28,29,30,31,32)/q-1. The third kappa shape index (κ3) is 5.82. The highest BCUT2D eigenvalue weighted by Gasteiger charge is 2.21. The molecule has 1 atom stereocenters. The quantitative estimate of drug-likeness (QED) is 0.373. The summed E-state index contributed by atoms with van der Waals surface area (Å²) < 4.78 is 16.4. The van der Waals surface area contributed by atoms with Gasteiger partial charge in [-0.25, -0.2) is 4.98 Å². The fraction of sp³-hybridized carbons (Fsp3) is 0.480. The first kappa shape index (κ1) is 25.5. The van der Waals surface area contributed by atoms with Crippen LogP contribution in [0.4, 0.5) is 11.8 Å². The number of fused-ring (bicyclic) bond motifs is 1. The van der Waals surface area contributed by atoms with Crippen molar-refractivity contribution in [2.75, 3.05) is 39.3 Å². The molecule has 8 nitrogen and oxygen atoms in total. The summed E-state index contributed by atoms with van der Waals surface area (Å²) in [6, 6.07) is 3.57. The number of nitrogens with zero attached hydrogens (tertiary/aromatic N) is 4. The Morgan fingerprint density at radius 2 is 1.83 bits per heavy atom. The lowest BCUT2D eigenvalue weighted by atomic mass is 9.97. The van der Waals surface area contributed by atoms with Crippen molar-refractivity contribution in [2.45, 2.75) is 39.7 Å². The summed E-state index contributed by atoms with van der Waals surface area (Å²) in [5.41, 5.74) is 1.75. The highest BCUT2D eigenvalue weighted by Crippen LogP contribution is 2.46. The van der Waals surface area contributed by atoms with E-state index in [0.29, 0.717) is 63.2 Å². The summed E-state index contributed by atoms with van der Waals surface area (Å²) in [6.07, 6.45) is 3.69. The molecule has 3 aromatic rings. The lowest BCUT2D eigenvalue weighted by molar-refractivity contribution is 0.0903. The van der Waals surface area contributed by atoms with E-state index in [2.05, 4.69) is 31.1 Å². The molecule has 1 aliphatic heterocycles. The second kappa shape index (κ2) is 10.6. The van der Waals surface area contributed by atoms with Crippen LogP contribution in [0, 0.1) is 5.41 Å². The van der Waals surface area contributed by atoms with E-state index in [4.69, 9.17) is 52.7 Å². The highest BCUT2D eigenvalue weighted by atomic mass is 35.5. The summed E-state index contributed by atoms with van der Waals surface area (Å²) in [4.78, 5) is 14.1. The van der Waals surface area contributed by atoms with E-state index in [1.54, 1.807) is 26.5 Å². The maximum atomic E-state index is 6.68. The molecule has 0 bridgehead atoms. The van der Waals surface area contributed by atoms with Crippen molar-refractivity contribution in [2.24, 2.45) is 5.41 Å².